The van der Waals surface area contributed by atoms with Crippen molar-refractivity contribution in [1.82, 2.24) is 14.8 Å². The number of carbonyl (C=O) groups is 1. The zero-order valence-electron chi connectivity index (χ0n) is 18.4. The molecule has 0 bridgehead atoms. The highest BCUT2D eigenvalue weighted by molar-refractivity contribution is 14.1. The van der Waals surface area contributed by atoms with Gasteiger partial charge in [0.15, 0.2) is 11.0 Å². The summed E-state index contributed by atoms with van der Waals surface area (Å²) < 4.78 is 8.87. The van der Waals surface area contributed by atoms with Gasteiger partial charge in [-0.1, -0.05) is 37.7 Å². The van der Waals surface area contributed by atoms with Crippen LogP contribution in [0.1, 0.15) is 42.3 Å². The van der Waals surface area contributed by atoms with E-state index in [2.05, 4.69) is 76.2 Å². The number of hydrogen-bond donors (Lipinski definition) is 1. The van der Waals surface area contributed by atoms with Crippen molar-refractivity contribution < 1.29 is 9.53 Å². The summed E-state index contributed by atoms with van der Waals surface area (Å²) in [6.07, 6.45) is 0. The molecule has 0 aliphatic carbocycles. The van der Waals surface area contributed by atoms with Crippen LogP contribution in [0.3, 0.4) is 0 Å². The number of aryl methyl sites for hydroxylation is 2. The number of halogens is 1. The molecule has 0 saturated heterocycles. The molecule has 0 spiro atoms. The van der Waals surface area contributed by atoms with E-state index in [9.17, 15) is 4.79 Å². The first-order valence-corrected chi connectivity index (χ1v) is 12.1. The molecule has 1 heterocycles. The van der Waals surface area contributed by atoms with Crippen LogP contribution in [0.25, 0.3) is 0 Å². The van der Waals surface area contributed by atoms with Crippen molar-refractivity contribution in [3.8, 4) is 5.75 Å². The Kier molecular flexibility index (Phi) is 7.99. The molecular weight excluding hydrogens is 523 g/mol. The number of carbonyl (C=O) groups excluding carboxylic acids is 1. The highest BCUT2D eigenvalue weighted by Gasteiger charge is 2.14. The zero-order valence-corrected chi connectivity index (χ0v) is 21.4. The predicted molar refractivity (Wildman–Crippen MR) is 134 cm³/mol. The lowest BCUT2D eigenvalue weighted by molar-refractivity contribution is -0.113. The Balaban J connectivity index is 1.55. The van der Waals surface area contributed by atoms with E-state index < -0.39 is 0 Å². The van der Waals surface area contributed by atoms with Gasteiger partial charge in [0.05, 0.1) is 5.75 Å². The van der Waals surface area contributed by atoms with E-state index in [4.69, 9.17) is 4.74 Å². The van der Waals surface area contributed by atoms with E-state index in [1.165, 1.54) is 17.3 Å². The average Bonchev–Trinajstić information content (AvgIpc) is 3.07. The second kappa shape index (κ2) is 10.5. The minimum Gasteiger partial charge on any atom is -0.486 e. The molecule has 1 amide bonds. The number of amides is 1. The van der Waals surface area contributed by atoms with Gasteiger partial charge in [0.2, 0.25) is 5.91 Å². The topological polar surface area (TPSA) is 69.0 Å². The third kappa shape index (κ3) is 6.22. The van der Waals surface area contributed by atoms with Crippen molar-refractivity contribution >= 4 is 45.9 Å². The highest BCUT2D eigenvalue weighted by Crippen LogP contribution is 2.24. The van der Waals surface area contributed by atoms with Crippen LogP contribution in [0.2, 0.25) is 0 Å². The van der Waals surface area contributed by atoms with Crippen molar-refractivity contribution in [2.24, 2.45) is 7.05 Å². The van der Waals surface area contributed by atoms with Crippen molar-refractivity contribution in [2.75, 3.05) is 11.1 Å². The smallest absolute Gasteiger partial charge is 0.234 e. The molecule has 3 aromatic rings. The summed E-state index contributed by atoms with van der Waals surface area (Å²) in [5.41, 5.74) is 4.27. The molecule has 6 nitrogen and oxygen atoms in total. The maximum atomic E-state index is 12.5. The van der Waals surface area contributed by atoms with Crippen LogP contribution >= 0.6 is 34.4 Å². The summed E-state index contributed by atoms with van der Waals surface area (Å²) in [6, 6.07) is 12.2. The highest BCUT2D eigenvalue weighted by atomic mass is 127. The Morgan fingerprint density at radius 3 is 2.42 bits per heavy atom. The van der Waals surface area contributed by atoms with Crippen LogP contribution in [0.4, 0.5) is 5.69 Å². The first-order chi connectivity index (χ1) is 14.7. The summed E-state index contributed by atoms with van der Waals surface area (Å²) in [5, 5.41) is 12.1. The third-order valence-electron chi connectivity index (χ3n) is 4.93. The first-order valence-electron chi connectivity index (χ1n) is 10.0. The maximum Gasteiger partial charge on any atom is 0.234 e. The van der Waals surface area contributed by atoms with Crippen molar-refractivity contribution in [2.45, 2.75) is 45.4 Å². The Morgan fingerprint density at radius 2 is 1.81 bits per heavy atom. The van der Waals surface area contributed by atoms with Crippen LogP contribution in [0.15, 0.2) is 41.6 Å². The SMILES string of the molecule is Cc1cc(I)cc(C)c1NC(=O)CSc1nnc(COc2ccc(C(C)C)cc2)n1C. The van der Waals surface area contributed by atoms with E-state index in [0.717, 1.165) is 26.1 Å². The molecule has 0 unspecified atom stereocenters. The fourth-order valence-electron chi connectivity index (χ4n) is 3.11. The van der Waals surface area contributed by atoms with Crippen LogP contribution in [-0.4, -0.2) is 26.4 Å². The molecule has 0 aliphatic rings. The first kappa shape index (κ1) is 23.6. The second-order valence-corrected chi connectivity index (χ2v) is 9.91. The molecule has 2 aromatic carbocycles. The molecule has 0 radical (unpaired) electrons. The quantitative estimate of drug-likeness (QED) is 0.298. The van der Waals surface area contributed by atoms with Gasteiger partial charge in [-0.2, -0.15) is 0 Å². The van der Waals surface area contributed by atoms with E-state index in [-0.39, 0.29) is 11.7 Å². The number of anilines is 1. The van der Waals surface area contributed by atoms with Crippen LogP contribution < -0.4 is 10.1 Å². The normalized spacial score (nSPS) is 11.1. The van der Waals surface area contributed by atoms with Crippen LogP contribution in [-0.2, 0) is 18.4 Å². The number of nitrogens with zero attached hydrogens (tertiary/aromatic N) is 3. The fourth-order valence-corrected chi connectivity index (χ4v) is 4.77. The monoisotopic (exact) mass is 550 g/mol. The zero-order chi connectivity index (χ0) is 22.5. The second-order valence-electron chi connectivity index (χ2n) is 7.72. The van der Waals surface area contributed by atoms with Crippen LogP contribution in [0.5, 0.6) is 5.75 Å². The van der Waals surface area contributed by atoms with Gasteiger partial charge in [0.1, 0.15) is 12.4 Å². The Bertz CT molecular complexity index is 1040. The van der Waals surface area contributed by atoms with E-state index in [0.29, 0.717) is 23.5 Å². The summed E-state index contributed by atoms with van der Waals surface area (Å²) >= 11 is 3.64. The number of ether oxygens (including phenoxy) is 1. The molecular formula is C23H27IN4O2S. The molecule has 8 heteroatoms. The molecule has 0 saturated carbocycles. The predicted octanol–water partition coefficient (Wildman–Crippen LogP) is 5.47. The average molecular weight is 550 g/mol. The number of benzene rings is 2. The van der Waals surface area contributed by atoms with Gasteiger partial charge < -0.3 is 14.6 Å². The third-order valence-corrected chi connectivity index (χ3v) is 6.58. The number of hydrogen-bond acceptors (Lipinski definition) is 5. The fraction of sp³-hybridized carbons (Fsp3) is 0.348. The van der Waals surface area contributed by atoms with Crippen molar-refractivity contribution in [1.29, 1.82) is 0 Å². The number of aromatic nitrogens is 3. The van der Waals surface area contributed by atoms with Gasteiger partial charge in [-0.05, 0) is 83.3 Å². The summed E-state index contributed by atoms with van der Waals surface area (Å²) in [4.78, 5) is 12.5. The largest absolute Gasteiger partial charge is 0.486 e. The van der Waals surface area contributed by atoms with Gasteiger partial charge in [0, 0.05) is 16.3 Å². The minimum atomic E-state index is -0.0662. The lowest BCUT2D eigenvalue weighted by atomic mass is 10.0. The van der Waals surface area contributed by atoms with Gasteiger partial charge >= 0.3 is 0 Å². The molecule has 164 valence electrons. The van der Waals surface area contributed by atoms with Gasteiger partial charge in [-0.25, -0.2) is 0 Å². The van der Waals surface area contributed by atoms with Crippen LogP contribution in [0, 0.1) is 17.4 Å². The summed E-state index contributed by atoms with van der Waals surface area (Å²) in [7, 11) is 1.88. The van der Waals surface area contributed by atoms with E-state index in [1.807, 2.05) is 37.6 Å². The number of nitrogens with one attached hydrogen (secondary N) is 1. The van der Waals surface area contributed by atoms with Crippen molar-refractivity contribution in [3.05, 3.63) is 62.5 Å². The lowest BCUT2D eigenvalue weighted by Crippen LogP contribution is -2.16. The molecule has 0 atom stereocenters. The number of thioether (sulfide) groups is 1. The lowest BCUT2D eigenvalue weighted by Gasteiger charge is -2.12. The van der Waals surface area contributed by atoms with Gasteiger partial charge in [-0.3, -0.25) is 4.79 Å². The molecule has 31 heavy (non-hydrogen) atoms. The molecule has 3 rings (SSSR count). The number of rotatable bonds is 8. The Hall–Kier alpha value is -2.07. The maximum absolute atomic E-state index is 12.5. The molecule has 1 N–H and O–H groups in total. The molecule has 0 aliphatic heterocycles. The van der Waals surface area contributed by atoms with Crippen molar-refractivity contribution in [3.63, 3.8) is 0 Å². The Labute approximate surface area is 201 Å². The van der Waals surface area contributed by atoms with Gasteiger partial charge in [0.25, 0.3) is 0 Å². The molecule has 1 aromatic heterocycles. The standard InChI is InChI=1S/C23H27IN4O2S/c1-14(2)17-6-8-19(9-7-17)30-12-20-26-27-23(28(20)5)31-13-21(29)25-22-15(3)10-18(24)11-16(22)4/h6-11,14H,12-13H2,1-5H3,(H,25,29). The Morgan fingerprint density at radius 1 is 1.16 bits per heavy atom. The summed E-state index contributed by atoms with van der Waals surface area (Å²) in [6.45, 7) is 8.65. The molecule has 0 fully saturated rings. The van der Waals surface area contributed by atoms with E-state index in [1.54, 1.807) is 0 Å². The van der Waals surface area contributed by atoms with E-state index >= 15 is 0 Å². The summed E-state index contributed by atoms with van der Waals surface area (Å²) in [5.74, 6) is 2.19. The van der Waals surface area contributed by atoms with Gasteiger partial charge in [-0.15, -0.1) is 10.2 Å². The minimum absolute atomic E-state index is 0.0662.